The molecule has 0 aliphatic carbocycles. The van der Waals surface area contributed by atoms with Crippen molar-refractivity contribution < 1.29 is 80.3 Å². The number of nitrogens with one attached hydrogen (secondary N) is 3. The second kappa shape index (κ2) is 13.2. The third-order valence-electron chi connectivity index (χ3n) is 4.20. The molecule has 182 valence electrons. The number of carboxylic acid groups (broad SMARTS) is 1. The fourth-order valence-corrected chi connectivity index (χ4v) is 2.86. The first-order chi connectivity index (χ1) is 15.6. The molecule has 0 atom stereocenters. The van der Waals surface area contributed by atoms with Crippen LogP contribution in [0.15, 0.2) is 30.7 Å². The van der Waals surface area contributed by atoms with Gasteiger partial charge in [0.25, 0.3) is 5.91 Å². The maximum Gasteiger partial charge on any atom is 1.00 e. The molecule has 4 rings (SSSR count). The molecule has 1 aromatic carbocycles. The number of nitrogens with zero attached hydrogens (tertiary/aromatic N) is 2. The van der Waals surface area contributed by atoms with E-state index in [4.69, 9.17) is 15.2 Å². The molecule has 0 fully saturated rings. The summed E-state index contributed by atoms with van der Waals surface area (Å²) in [6, 6.07) is 5.53. The third-order valence-corrected chi connectivity index (χ3v) is 4.20. The van der Waals surface area contributed by atoms with Gasteiger partial charge < -0.3 is 35.4 Å². The van der Waals surface area contributed by atoms with Crippen molar-refractivity contribution in [3.8, 4) is 5.75 Å². The number of hydrogen-bond acceptors (Lipinski definition) is 9. The number of carbonyl (C=O) groups excluding carboxylic acids is 3. The molecule has 0 saturated carbocycles. The van der Waals surface area contributed by atoms with E-state index in [0.29, 0.717) is 23.7 Å². The van der Waals surface area contributed by atoms with Crippen molar-refractivity contribution in [2.45, 2.75) is 32.9 Å². The van der Waals surface area contributed by atoms with E-state index in [2.05, 4.69) is 25.6 Å². The zero-order valence-electron chi connectivity index (χ0n) is 19.6. The number of anilines is 2. The maximum atomic E-state index is 11.7. The Bertz CT molecular complexity index is 1210. The Hall–Kier alpha value is -2.26. The Balaban J connectivity index is 0.000000356. The van der Waals surface area contributed by atoms with E-state index in [1.807, 2.05) is 18.2 Å². The molecule has 0 spiro atoms. The van der Waals surface area contributed by atoms with Crippen molar-refractivity contribution in [1.82, 2.24) is 15.0 Å². The molecule has 0 unspecified atom stereocenters. The number of aromatic nitrogens is 3. The van der Waals surface area contributed by atoms with Gasteiger partial charge in [0.1, 0.15) is 28.9 Å². The van der Waals surface area contributed by atoms with Crippen LogP contribution in [0.2, 0.25) is 0 Å². The standard InChI is InChI=1S/C12H14N4O4.C9H10N2O2.ClH.K/c1-12(2,3)20-11(19)16-6-4-13-8-7(6)14-5-15-9(8)10(17)18;10-4-6-1-2-8-7(3-6)11-9(12)5-13-8;;/h4-5,13H,1-3H3,(H,16,19)(H,17,18);1-3H,4-5,10H2,(H,11,12);1H;/q;;;+1/p-1. The minimum absolute atomic E-state index is 0. The second-order valence-corrected chi connectivity index (χ2v) is 7.93. The van der Waals surface area contributed by atoms with E-state index in [9.17, 15) is 19.5 Å². The first-order valence-electron chi connectivity index (χ1n) is 9.86. The monoisotopic (exact) mass is 530 g/mol. The Morgan fingerprint density at radius 3 is 2.63 bits per heavy atom. The molecule has 1 aliphatic heterocycles. The largest absolute Gasteiger partial charge is 1.00 e. The quantitative estimate of drug-likeness (QED) is 0.295. The summed E-state index contributed by atoms with van der Waals surface area (Å²) < 4.78 is 10.3. The van der Waals surface area contributed by atoms with E-state index in [-0.39, 0.29) is 93.0 Å². The van der Waals surface area contributed by atoms with Crippen LogP contribution in [0.1, 0.15) is 36.8 Å². The summed E-state index contributed by atoms with van der Waals surface area (Å²) in [6.45, 7) is 5.76. The minimum atomic E-state index is -1.43. The number of carboxylic acids is 1. The SMILES string of the molecule is CC(C)(C)OC(=O)Nc1c[nH]c2c(C(=O)[O-])ncnc12.Cl.NCc1ccc2c(c1)NC(=O)CO2.[K+]. The summed E-state index contributed by atoms with van der Waals surface area (Å²) in [7, 11) is 0. The smallest absolute Gasteiger partial charge is 0.543 e. The topological polar surface area (TPSA) is 184 Å². The van der Waals surface area contributed by atoms with Crippen molar-refractivity contribution >= 4 is 52.8 Å². The molecule has 3 heterocycles. The number of hydrogen-bond donors (Lipinski definition) is 4. The molecule has 5 N–H and O–H groups in total. The first-order valence-corrected chi connectivity index (χ1v) is 9.86. The van der Waals surface area contributed by atoms with Gasteiger partial charge in [-0.2, -0.15) is 0 Å². The minimum Gasteiger partial charge on any atom is -0.543 e. The Morgan fingerprint density at radius 2 is 2.00 bits per heavy atom. The molecule has 2 amide bonds. The molecule has 3 aromatic rings. The van der Waals surface area contributed by atoms with Crippen LogP contribution in [0.3, 0.4) is 0 Å². The van der Waals surface area contributed by atoms with Gasteiger partial charge in [-0.25, -0.2) is 14.8 Å². The number of nitrogens with two attached hydrogens (primary N) is 1. The number of benzene rings is 1. The number of H-pyrrole nitrogens is 1. The van der Waals surface area contributed by atoms with Gasteiger partial charge in [-0.15, -0.1) is 12.4 Å². The Labute approximate surface area is 249 Å². The fraction of sp³-hybridized carbons (Fsp3) is 0.286. The molecular weight excluding hydrogens is 507 g/mol. The summed E-state index contributed by atoms with van der Waals surface area (Å²) in [5.74, 6) is -0.846. The summed E-state index contributed by atoms with van der Waals surface area (Å²) in [6.07, 6.45) is 1.84. The fourth-order valence-electron chi connectivity index (χ4n) is 2.86. The van der Waals surface area contributed by atoms with Gasteiger partial charge >= 0.3 is 57.5 Å². The number of fused-ring (bicyclic) bond motifs is 2. The third kappa shape index (κ3) is 8.42. The first kappa shape index (κ1) is 30.8. The van der Waals surface area contributed by atoms with Crippen LogP contribution in [-0.2, 0) is 16.1 Å². The van der Waals surface area contributed by atoms with Crippen LogP contribution in [-0.4, -0.2) is 45.1 Å². The van der Waals surface area contributed by atoms with Crippen molar-refractivity contribution in [1.29, 1.82) is 0 Å². The van der Waals surface area contributed by atoms with Gasteiger partial charge in [0.2, 0.25) is 0 Å². The van der Waals surface area contributed by atoms with Gasteiger partial charge in [0.15, 0.2) is 6.61 Å². The van der Waals surface area contributed by atoms with Gasteiger partial charge in [0, 0.05) is 12.7 Å². The average molecular weight is 531 g/mol. The normalized spacial score (nSPS) is 11.8. The second-order valence-electron chi connectivity index (χ2n) is 7.93. The Morgan fingerprint density at radius 1 is 1.29 bits per heavy atom. The summed E-state index contributed by atoms with van der Waals surface area (Å²) in [4.78, 5) is 43.8. The molecule has 1 aliphatic rings. The van der Waals surface area contributed by atoms with Crippen LogP contribution < -0.4 is 77.6 Å². The predicted octanol–water partition coefficient (Wildman–Crippen LogP) is -1.43. The van der Waals surface area contributed by atoms with Gasteiger partial charge in [-0.05, 0) is 38.5 Å². The molecular formula is C21H24ClKN6O6. The van der Waals surface area contributed by atoms with Gasteiger partial charge in [-0.1, -0.05) is 6.07 Å². The molecule has 35 heavy (non-hydrogen) atoms. The van der Waals surface area contributed by atoms with Gasteiger partial charge in [0.05, 0.1) is 22.9 Å². The number of amides is 2. The molecule has 0 bridgehead atoms. The van der Waals surface area contributed by atoms with Crippen LogP contribution in [0.5, 0.6) is 5.75 Å². The van der Waals surface area contributed by atoms with E-state index in [0.717, 1.165) is 11.9 Å². The van der Waals surface area contributed by atoms with Crippen molar-refractivity contribution in [3.63, 3.8) is 0 Å². The molecule has 2 aromatic heterocycles. The summed E-state index contributed by atoms with van der Waals surface area (Å²) in [5.41, 5.74) is 6.99. The van der Waals surface area contributed by atoms with Crippen molar-refractivity contribution in [3.05, 3.63) is 42.0 Å². The predicted molar refractivity (Wildman–Crippen MR) is 124 cm³/mol. The maximum absolute atomic E-state index is 11.7. The number of carbonyl (C=O) groups is 3. The van der Waals surface area contributed by atoms with Crippen LogP contribution in [0, 0.1) is 0 Å². The van der Waals surface area contributed by atoms with Crippen LogP contribution >= 0.6 is 12.4 Å². The Kier molecular flexibility index (Phi) is 11.6. The van der Waals surface area contributed by atoms with Crippen molar-refractivity contribution in [2.24, 2.45) is 5.73 Å². The number of ether oxygens (including phenoxy) is 2. The zero-order chi connectivity index (χ0) is 24.2. The van der Waals surface area contributed by atoms with Crippen LogP contribution in [0.4, 0.5) is 16.2 Å². The van der Waals surface area contributed by atoms with Crippen LogP contribution in [0.25, 0.3) is 11.0 Å². The molecule has 0 radical (unpaired) electrons. The van der Waals surface area contributed by atoms with Crippen molar-refractivity contribution in [2.75, 3.05) is 17.2 Å². The number of rotatable bonds is 3. The number of halogens is 1. The van der Waals surface area contributed by atoms with E-state index < -0.39 is 17.7 Å². The number of aromatic carboxylic acids is 1. The van der Waals surface area contributed by atoms with E-state index >= 15 is 0 Å². The summed E-state index contributed by atoms with van der Waals surface area (Å²) in [5, 5.41) is 16.1. The van der Waals surface area contributed by atoms with E-state index in [1.54, 1.807) is 20.8 Å². The molecule has 14 heteroatoms. The zero-order valence-corrected chi connectivity index (χ0v) is 23.6. The molecule has 12 nitrogen and oxygen atoms in total. The average Bonchev–Trinajstić information content (AvgIpc) is 3.14. The number of aromatic amines is 1. The molecule has 0 saturated heterocycles. The summed E-state index contributed by atoms with van der Waals surface area (Å²) >= 11 is 0. The van der Waals surface area contributed by atoms with E-state index in [1.165, 1.54) is 6.20 Å². The van der Waals surface area contributed by atoms with Gasteiger partial charge in [-0.3, -0.25) is 10.1 Å².